The highest BCUT2D eigenvalue weighted by Gasteiger charge is 2.14. The van der Waals surface area contributed by atoms with Gasteiger partial charge in [0.25, 0.3) is 0 Å². The molecule has 2 heterocycles. The number of carbonyl (C=O) groups is 1. The highest BCUT2D eigenvalue weighted by atomic mass is 35.5. The molecule has 2 aromatic heterocycles. The summed E-state index contributed by atoms with van der Waals surface area (Å²) >= 11 is 5.87. The Hall–Kier alpha value is -1.66. The van der Waals surface area contributed by atoms with Gasteiger partial charge in [0.15, 0.2) is 11.3 Å². The van der Waals surface area contributed by atoms with Crippen molar-refractivity contribution in [1.29, 1.82) is 0 Å². The Morgan fingerprint density at radius 1 is 1.37 bits per heavy atom. The van der Waals surface area contributed by atoms with Gasteiger partial charge in [0.2, 0.25) is 0 Å². The van der Waals surface area contributed by atoms with Crippen molar-refractivity contribution < 1.29 is 14.3 Å². The van der Waals surface area contributed by atoms with Crippen molar-refractivity contribution in [1.82, 2.24) is 14.5 Å². The number of halogens is 1. The number of hydrogen-bond donors (Lipinski definition) is 0. The van der Waals surface area contributed by atoms with Crippen molar-refractivity contribution in [2.24, 2.45) is 0 Å². The first-order valence-electron chi connectivity index (χ1n) is 5.70. The molecule has 2 aromatic rings. The van der Waals surface area contributed by atoms with E-state index in [4.69, 9.17) is 16.3 Å². The van der Waals surface area contributed by atoms with E-state index < -0.39 is 5.97 Å². The van der Waals surface area contributed by atoms with Crippen molar-refractivity contribution in [3.63, 3.8) is 0 Å². The van der Waals surface area contributed by atoms with Crippen LogP contribution in [0.15, 0.2) is 12.1 Å². The molecule has 0 bridgehead atoms. The van der Waals surface area contributed by atoms with Gasteiger partial charge >= 0.3 is 5.97 Å². The van der Waals surface area contributed by atoms with Gasteiger partial charge in [-0.3, -0.25) is 0 Å². The number of esters is 1. The average molecular weight is 284 g/mol. The third kappa shape index (κ3) is 2.69. The lowest BCUT2D eigenvalue weighted by atomic mass is 10.3. The molecule has 7 heteroatoms. The van der Waals surface area contributed by atoms with Crippen molar-refractivity contribution in [2.45, 2.75) is 12.4 Å². The zero-order valence-corrected chi connectivity index (χ0v) is 11.5. The molecule has 0 radical (unpaired) electrons. The van der Waals surface area contributed by atoms with Crippen LogP contribution in [0.3, 0.4) is 0 Å². The molecule has 0 aromatic carbocycles. The van der Waals surface area contributed by atoms with Crippen LogP contribution in [0.25, 0.3) is 11.2 Å². The van der Waals surface area contributed by atoms with Crippen LogP contribution < -0.4 is 0 Å². The predicted octanol–water partition coefficient (Wildman–Crippen LogP) is 1.60. The second-order valence-corrected chi connectivity index (χ2v) is 4.10. The lowest BCUT2D eigenvalue weighted by molar-refractivity contribution is 0.0594. The van der Waals surface area contributed by atoms with E-state index in [1.165, 1.54) is 7.11 Å². The maximum Gasteiger partial charge on any atom is 0.356 e. The van der Waals surface area contributed by atoms with Crippen LogP contribution >= 0.6 is 11.6 Å². The normalized spacial score (nSPS) is 10.9. The maximum absolute atomic E-state index is 11.5. The SMILES string of the molecule is COCCn1c(CCl)nc2ccc(C(=O)OC)nc21. The number of nitrogens with zero attached hydrogens (tertiary/aromatic N) is 3. The van der Waals surface area contributed by atoms with E-state index in [9.17, 15) is 4.79 Å². The zero-order valence-electron chi connectivity index (χ0n) is 10.7. The van der Waals surface area contributed by atoms with Crippen LogP contribution in [0.2, 0.25) is 0 Å². The summed E-state index contributed by atoms with van der Waals surface area (Å²) in [6, 6.07) is 3.31. The number of alkyl halides is 1. The molecule has 0 saturated carbocycles. The molecule has 0 saturated heterocycles. The fraction of sp³-hybridized carbons (Fsp3) is 0.417. The summed E-state index contributed by atoms with van der Waals surface area (Å²) in [4.78, 5) is 20.1. The molecule has 0 fully saturated rings. The molecular formula is C12H14ClN3O3. The smallest absolute Gasteiger partial charge is 0.356 e. The standard InChI is InChI=1S/C12H14ClN3O3/c1-18-6-5-16-10(7-13)14-8-3-4-9(12(17)19-2)15-11(8)16/h3-4H,5-7H2,1-2H3. The van der Waals surface area contributed by atoms with E-state index in [-0.39, 0.29) is 11.6 Å². The van der Waals surface area contributed by atoms with E-state index in [0.29, 0.717) is 30.1 Å². The molecule has 0 amide bonds. The summed E-state index contributed by atoms with van der Waals surface area (Å²) in [6.07, 6.45) is 0. The Morgan fingerprint density at radius 3 is 2.79 bits per heavy atom. The molecular weight excluding hydrogens is 270 g/mol. The second kappa shape index (κ2) is 5.99. The van der Waals surface area contributed by atoms with E-state index in [0.717, 1.165) is 0 Å². The van der Waals surface area contributed by atoms with Gasteiger partial charge in [0.05, 0.1) is 19.6 Å². The first-order chi connectivity index (χ1) is 9.21. The van der Waals surface area contributed by atoms with E-state index in [2.05, 4.69) is 14.7 Å². The third-order valence-corrected chi connectivity index (χ3v) is 2.94. The van der Waals surface area contributed by atoms with Crippen LogP contribution in [-0.2, 0) is 21.9 Å². The first kappa shape index (κ1) is 13.8. The van der Waals surface area contributed by atoms with E-state index in [1.54, 1.807) is 19.2 Å². The van der Waals surface area contributed by atoms with Crippen LogP contribution in [0.1, 0.15) is 16.3 Å². The van der Waals surface area contributed by atoms with Crippen LogP contribution in [0, 0.1) is 0 Å². The van der Waals surface area contributed by atoms with Gasteiger partial charge in [0.1, 0.15) is 11.3 Å². The third-order valence-electron chi connectivity index (χ3n) is 2.70. The number of ether oxygens (including phenoxy) is 2. The highest BCUT2D eigenvalue weighted by Crippen LogP contribution is 2.16. The van der Waals surface area contributed by atoms with Gasteiger partial charge in [0, 0.05) is 13.7 Å². The quantitative estimate of drug-likeness (QED) is 0.616. The lowest BCUT2D eigenvalue weighted by Crippen LogP contribution is -2.10. The van der Waals surface area contributed by atoms with Gasteiger partial charge in [-0.2, -0.15) is 0 Å². The predicted molar refractivity (Wildman–Crippen MR) is 70.3 cm³/mol. The fourth-order valence-corrected chi connectivity index (χ4v) is 1.99. The minimum absolute atomic E-state index is 0.245. The molecule has 0 atom stereocenters. The van der Waals surface area contributed by atoms with Gasteiger partial charge < -0.3 is 14.0 Å². The molecule has 6 nitrogen and oxygen atoms in total. The van der Waals surface area contributed by atoms with Gasteiger partial charge in [-0.25, -0.2) is 14.8 Å². The second-order valence-electron chi connectivity index (χ2n) is 3.84. The topological polar surface area (TPSA) is 66.2 Å². The van der Waals surface area contributed by atoms with Gasteiger partial charge in [-0.15, -0.1) is 11.6 Å². The number of fused-ring (bicyclic) bond motifs is 1. The van der Waals surface area contributed by atoms with Gasteiger partial charge in [-0.05, 0) is 12.1 Å². The highest BCUT2D eigenvalue weighted by molar-refractivity contribution is 6.16. The lowest BCUT2D eigenvalue weighted by Gasteiger charge is -2.06. The first-order valence-corrected chi connectivity index (χ1v) is 6.24. The number of carbonyl (C=O) groups excluding carboxylic acids is 1. The zero-order chi connectivity index (χ0) is 13.8. The minimum atomic E-state index is -0.478. The largest absolute Gasteiger partial charge is 0.464 e. The number of aromatic nitrogens is 3. The summed E-state index contributed by atoms with van der Waals surface area (Å²) in [5.74, 6) is 0.491. The molecule has 0 unspecified atom stereocenters. The van der Waals surface area contributed by atoms with Crippen molar-refractivity contribution in [3.05, 3.63) is 23.7 Å². The number of pyridine rings is 1. The summed E-state index contributed by atoms with van der Waals surface area (Å²) in [5.41, 5.74) is 1.55. The molecule has 19 heavy (non-hydrogen) atoms. The number of imidazole rings is 1. The Kier molecular flexibility index (Phi) is 4.34. The van der Waals surface area contributed by atoms with Crippen molar-refractivity contribution in [2.75, 3.05) is 20.8 Å². The monoisotopic (exact) mass is 283 g/mol. The van der Waals surface area contributed by atoms with Crippen LogP contribution in [0.4, 0.5) is 0 Å². The molecule has 102 valence electrons. The Balaban J connectivity index is 2.51. The number of rotatable bonds is 5. The maximum atomic E-state index is 11.5. The molecule has 2 rings (SSSR count). The Bertz CT molecular complexity index is 597. The molecule has 0 aliphatic rings. The molecule has 0 spiro atoms. The fourth-order valence-electron chi connectivity index (χ4n) is 1.79. The number of hydrogen-bond acceptors (Lipinski definition) is 5. The summed E-state index contributed by atoms with van der Waals surface area (Å²) in [5, 5.41) is 0. The number of methoxy groups -OCH3 is 2. The summed E-state index contributed by atoms with van der Waals surface area (Å²) in [7, 11) is 2.94. The molecule has 0 aliphatic carbocycles. The molecule has 0 N–H and O–H groups in total. The average Bonchev–Trinajstić information content (AvgIpc) is 2.80. The Morgan fingerprint density at radius 2 is 2.16 bits per heavy atom. The van der Waals surface area contributed by atoms with Crippen molar-refractivity contribution >= 4 is 28.7 Å². The minimum Gasteiger partial charge on any atom is -0.464 e. The summed E-state index contributed by atoms with van der Waals surface area (Å²) < 4.78 is 11.6. The van der Waals surface area contributed by atoms with Crippen LogP contribution in [0.5, 0.6) is 0 Å². The van der Waals surface area contributed by atoms with E-state index in [1.807, 2.05) is 4.57 Å². The van der Waals surface area contributed by atoms with Gasteiger partial charge in [-0.1, -0.05) is 0 Å². The molecule has 0 aliphatic heterocycles. The van der Waals surface area contributed by atoms with Crippen molar-refractivity contribution in [3.8, 4) is 0 Å². The van der Waals surface area contributed by atoms with E-state index >= 15 is 0 Å². The van der Waals surface area contributed by atoms with Crippen LogP contribution in [-0.4, -0.2) is 41.3 Å². The Labute approximate surface area is 115 Å². The summed E-state index contributed by atoms with van der Waals surface area (Å²) in [6.45, 7) is 1.09.